The first-order chi connectivity index (χ1) is 9.11. The van der Waals surface area contributed by atoms with Crippen LogP contribution in [0.5, 0.6) is 5.75 Å². The molecule has 1 saturated heterocycles. The summed E-state index contributed by atoms with van der Waals surface area (Å²) in [6.45, 7) is 3.96. The highest BCUT2D eigenvalue weighted by Gasteiger charge is 2.29. The standard InChI is InChI=1S/C14H19BrN2O2/c1-10(19-13-5-3-2-4-12(13)15)14(18)17-7-6-11(8-16)9-17/h2-5,10-11H,6-9,16H2,1H3/t10-,11-/m1/s1. The lowest BCUT2D eigenvalue weighted by Crippen LogP contribution is -2.39. The van der Waals surface area contributed by atoms with Crippen LogP contribution in [-0.4, -0.2) is 36.5 Å². The van der Waals surface area contributed by atoms with Crippen LogP contribution in [0, 0.1) is 5.92 Å². The predicted molar refractivity (Wildman–Crippen MR) is 78.0 cm³/mol. The van der Waals surface area contributed by atoms with Gasteiger partial charge < -0.3 is 15.4 Å². The summed E-state index contributed by atoms with van der Waals surface area (Å²) in [5.41, 5.74) is 5.64. The summed E-state index contributed by atoms with van der Waals surface area (Å²) in [5, 5.41) is 0. The molecule has 4 nitrogen and oxygen atoms in total. The molecule has 0 aliphatic carbocycles. The number of carbonyl (C=O) groups excluding carboxylic acids is 1. The molecule has 0 spiro atoms. The molecule has 0 saturated carbocycles. The van der Waals surface area contributed by atoms with Crippen LogP contribution >= 0.6 is 15.9 Å². The molecule has 0 radical (unpaired) electrons. The van der Waals surface area contributed by atoms with Gasteiger partial charge in [-0.15, -0.1) is 0 Å². The number of likely N-dealkylation sites (tertiary alicyclic amines) is 1. The fourth-order valence-electron chi connectivity index (χ4n) is 2.26. The van der Waals surface area contributed by atoms with Gasteiger partial charge in [-0.1, -0.05) is 12.1 Å². The molecule has 104 valence electrons. The van der Waals surface area contributed by atoms with E-state index in [1.165, 1.54) is 0 Å². The highest BCUT2D eigenvalue weighted by molar-refractivity contribution is 9.10. The molecule has 1 aliphatic rings. The number of nitrogens with two attached hydrogens (primary N) is 1. The van der Waals surface area contributed by atoms with Crippen molar-refractivity contribution in [2.45, 2.75) is 19.4 Å². The Balaban J connectivity index is 1.95. The lowest BCUT2D eigenvalue weighted by Gasteiger charge is -2.22. The van der Waals surface area contributed by atoms with Gasteiger partial charge in [-0.25, -0.2) is 0 Å². The van der Waals surface area contributed by atoms with E-state index in [2.05, 4.69) is 15.9 Å². The van der Waals surface area contributed by atoms with Gasteiger partial charge in [0, 0.05) is 13.1 Å². The van der Waals surface area contributed by atoms with Gasteiger partial charge in [0.15, 0.2) is 6.10 Å². The molecule has 1 aromatic carbocycles. The fraction of sp³-hybridized carbons (Fsp3) is 0.500. The molecule has 1 amide bonds. The van der Waals surface area contributed by atoms with E-state index < -0.39 is 6.10 Å². The van der Waals surface area contributed by atoms with E-state index in [4.69, 9.17) is 10.5 Å². The minimum atomic E-state index is -0.477. The number of hydrogen-bond acceptors (Lipinski definition) is 3. The van der Waals surface area contributed by atoms with Gasteiger partial charge in [0.25, 0.3) is 5.91 Å². The largest absolute Gasteiger partial charge is 0.480 e. The van der Waals surface area contributed by atoms with Crippen LogP contribution in [0.1, 0.15) is 13.3 Å². The molecule has 1 aliphatic heterocycles. The Kier molecular flexibility index (Phi) is 4.82. The molecule has 1 heterocycles. The Labute approximate surface area is 122 Å². The van der Waals surface area contributed by atoms with Crippen molar-refractivity contribution in [2.24, 2.45) is 11.7 Å². The number of amides is 1. The maximum Gasteiger partial charge on any atom is 0.263 e. The van der Waals surface area contributed by atoms with Gasteiger partial charge in [0.05, 0.1) is 4.47 Å². The van der Waals surface area contributed by atoms with Crippen molar-refractivity contribution in [1.82, 2.24) is 4.90 Å². The van der Waals surface area contributed by atoms with Crippen LogP contribution in [0.4, 0.5) is 0 Å². The number of ether oxygens (including phenoxy) is 1. The van der Waals surface area contributed by atoms with E-state index in [1.807, 2.05) is 29.2 Å². The summed E-state index contributed by atoms with van der Waals surface area (Å²) >= 11 is 3.41. The molecular weight excluding hydrogens is 308 g/mol. The average molecular weight is 327 g/mol. The van der Waals surface area contributed by atoms with E-state index >= 15 is 0 Å². The molecule has 5 heteroatoms. The Hall–Kier alpha value is -1.07. The van der Waals surface area contributed by atoms with Crippen molar-refractivity contribution >= 4 is 21.8 Å². The Bertz CT molecular complexity index is 453. The Morgan fingerprint density at radius 3 is 2.95 bits per heavy atom. The molecule has 2 N–H and O–H groups in total. The van der Waals surface area contributed by atoms with Gasteiger partial charge in [-0.05, 0) is 53.9 Å². The number of nitrogens with zero attached hydrogens (tertiary/aromatic N) is 1. The second-order valence-electron chi connectivity index (χ2n) is 4.87. The second kappa shape index (κ2) is 6.39. The summed E-state index contributed by atoms with van der Waals surface area (Å²) in [5.74, 6) is 1.16. The lowest BCUT2D eigenvalue weighted by atomic mass is 10.1. The van der Waals surface area contributed by atoms with Gasteiger partial charge in [-0.3, -0.25) is 4.79 Å². The van der Waals surface area contributed by atoms with Gasteiger partial charge >= 0.3 is 0 Å². The van der Waals surface area contributed by atoms with Gasteiger partial charge in [0.1, 0.15) is 5.75 Å². The molecule has 1 fully saturated rings. The lowest BCUT2D eigenvalue weighted by molar-refractivity contribution is -0.137. The Morgan fingerprint density at radius 1 is 1.58 bits per heavy atom. The number of halogens is 1. The summed E-state index contributed by atoms with van der Waals surface area (Å²) in [4.78, 5) is 14.1. The van der Waals surface area contributed by atoms with E-state index in [1.54, 1.807) is 6.92 Å². The first-order valence-electron chi connectivity index (χ1n) is 6.52. The van der Waals surface area contributed by atoms with Crippen molar-refractivity contribution in [2.75, 3.05) is 19.6 Å². The summed E-state index contributed by atoms with van der Waals surface area (Å²) < 4.78 is 6.58. The highest BCUT2D eigenvalue weighted by Crippen LogP contribution is 2.25. The van der Waals surface area contributed by atoms with Crippen LogP contribution in [-0.2, 0) is 4.79 Å². The Morgan fingerprint density at radius 2 is 2.32 bits per heavy atom. The van der Waals surface area contributed by atoms with E-state index in [-0.39, 0.29) is 5.91 Å². The zero-order valence-electron chi connectivity index (χ0n) is 11.0. The number of carbonyl (C=O) groups is 1. The normalized spacial score (nSPS) is 20.4. The predicted octanol–water partition coefficient (Wildman–Crippen LogP) is 2.02. The molecular formula is C14H19BrN2O2. The minimum Gasteiger partial charge on any atom is -0.480 e. The van der Waals surface area contributed by atoms with Crippen molar-refractivity contribution in [3.63, 3.8) is 0 Å². The second-order valence-corrected chi connectivity index (χ2v) is 5.72. The number of para-hydroxylation sites is 1. The highest BCUT2D eigenvalue weighted by atomic mass is 79.9. The van der Waals surface area contributed by atoms with Crippen molar-refractivity contribution in [3.05, 3.63) is 28.7 Å². The molecule has 0 bridgehead atoms. The number of rotatable bonds is 4. The third kappa shape index (κ3) is 3.48. The van der Waals surface area contributed by atoms with E-state index in [0.29, 0.717) is 18.2 Å². The maximum absolute atomic E-state index is 12.3. The van der Waals surface area contributed by atoms with E-state index in [9.17, 15) is 4.79 Å². The molecule has 1 aromatic rings. The van der Waals surface area contributed by atoms with Gasteiger partial charge in [-0.2, -0.15) is 0 Å². The van der Waals surface area contributed by atoms with Crippen LogP contribution in [0.25, 0.3) is 0 Å². The van der Waals surface area contributed by atoms with Crippen molar-refractivity contribution < 1.29 is 9.53 Å². The zero-order chi connectivity index (χ0) is 13.8. The third-order valence-corrected chi connectivity index (χ3v) is 4.07. The van der Waals surface area contributed by atoms with Gasteiger partial charge in [0.2, 0.25) is 0 Å². The molecule has 19 heavy (non-hydrogen) atoms. The summed E-state index contributed by atoms with van der Waals surface area (Å²) in [6.07, 6.45) is 0.513. The average Bonchev–Trinajstić information content (AvgIpc) is 2.89. The van der Waals surface area contributed by atoms with Crippen LogP contribution in [0.2, 0.25) is 0 Å². The van der Waals surface area contributed by atoms with Crippen LogP contribution in [0.15, 0.2) is 28.7 Å². The van der Waals surface area contributed by atoms with Crippen molar-refractivity contribution in [3.8, 4) is 5.75 Å². The quantitative estimate of drug-likeness (QED) is 0.921. The molecule has 0 aromatic heterocycles. The first kappa shape index (κ1) is 14.3. The summed E-state index contributed by atoms with van der Waals surface area (Å²) in [6, 6.07) is 7.54. The number of hydrogen-bond donors (Lipinski definition) is 1. The van der Waals surface area contributed by atoms with Crippen molar-refractivity contribution in [1.29, 1.82) is 0 Å². The summed E-state index contributed by atoms with van der Waals surface area (Å²) in [7, 11) is 0. The molecule has 2 rings (SSSR count). The van der Waals surface area contributed by atoms with Crippen LogP contribution in [0.3, 0.4) is 0 Å². The topological polar surface area (TPSA) is 55.6 Å². The molecule has 2 atom stereocenters. The monoisotopic (exact) mass is 326 g/mol. The SMILES string of the molecule is C[C@@H](Oc1ccccc1Br)C(=O)N1CC[C@H](CN)C1. The van der Waals surface area contributed by atoms with Crippen LogP contribution < -0.4 is 10.5 Å². The fourth-order valence-corrected chi connectivity index (χ4v) is 2.64. The van der Waals surface area contributed by atoms with E-state index in [0.717, 1.165) is 24.0 Å². The smallest absolute Gasteiger partial charge is 0.263 e. The molecule has 0 unspecified atom stereocenters. The zero-order valence-corrected chi connectivity index (χ0v) is 12.6. The maximum atomic E-state index is 12.3. The minimum absolute atomic E-state index is 0.0340. The third-order valence-electron chi connectivity index (χ3n) is 3.42. The first-order valence-corrected chi connectivity index (χ1v) is 7.31. The number of benzene rings is 1.